The van der Waals surface area contributed by atoms with Gasteiger partial charge in [0.1, 0.15) is 0 Å². The van der Waals surface area contributed by atoms with Crippen molar-refractivity contribution in [3.05, 3.63) is 10.7 Å². The predicted molar refractivity (Wildman–Crippen MR) is 110 cm³/mol. The first kappa shape index (κ1) is 19.5. The molecule has 2 heterocycles. The summed E-state index contributed by atoms with van der Waals surface area (Å²) in [5.41, 5.74) is 0. The van der Waals surface area contributed by atoms with E-state index in [4.69, 9.17) is 4.74 Å². The molecule has 134 valence electrons. The van der Waals surface area contributed by atoms with Gasteiger partial charge in [-0.25, -0.2) is 4.98 Å². The van der Waals surface area contributed by atoms with E-state index in [9.17, 15) is 0 Å². The summed E-state index contributed by atoms with van der Waals surface area (Å²) in [6.45, 7) is 4.60. The van der Waals surface area contributed by atoms with Crippen LogP contribution in [-0.4, -0.2) is 67.7 Å². The molecule has 3 rings (SSSR count). The maximum absolute atomic E-state index is 5.25. The number of ether oxygens (including phenoxy) is 1. The predicted octanol–water partition coefficient (Wildman–Crippen LogP) is 1.97. The van der Waals surface area contributed by atoms with Gasteiger partial charge in [0.15, 0.2) is 5.96 Å². The molecule has 9 heteroatoms. The third kappa shape index (κ3) is 4.84. The fourth-order valence-corrected chi connectivity index (χ4v) is 3.00. The Bertz CT molecular complexity index is 575. The summed E-state index contributed by atoms with van der Waals surface area (Å²) >= 11 is 3.39. The highest BCUT2D eigenvalue weighted by Gasteiger charge is 2.25. The van der Waals surface area contributed by atoms with Crippen LogP contribution in [0.1, 0.15) is 12.8 Å². The van der Waals surface area contributed by atoms with Gasteiger partial charge in [-0.1, -0.05) is 0 Å². The average molecular weight is 511 g/mol. The summed E-state index contributed by atoms with van der Waals surface area (Å²) in [6.07, 6.45) is 4.44. The molecule has 0 radical (unpaired) electrons. The van der Waals surface area contributed by atoms with Crippen molar-refractivity contribution in [2.75, 3.05) is 51.8 Å². The lowest BCUT2D eigenvalue weighted by Crippen LogP contribution is -2.53. The molecule has 1 aromatic rings. The van der Waals surface area contributed by atoms with Gasteiger partial charge in [-0.05, 0) is 34.7 Å². The van der Waals surface area contributed by atoms with Crippen molar-refractivity contribution in [2.45, 2.75) is 12.8 Å². The number of hydrogen-bond acceptors (Lipinski definition) is 5. The fourth-order valence-electron chi connectivity index (χ4n) is 2.65. The fraction of sp³-hybridized carbons (Fsp3) is 0.667. The maximum atomic E-state index is 5.25. The second-order valence-corrected chi connectivity index (χ2v) is 6.73. The molecule has 2 fully saturated rings. The number of aromatic nitrogens is 2. The van der Waals surface area contributed by atoms with E-state index in [1.54, 1.807) is 13.3 Å². The number of anilines is 1. The first-order valence-corrected chi connectivity index (χ1v) is 8.77. The average Bonchev–Trinajstić information content (AvgIpc) is 3.41. The van der Waals surface area contributed by atoms with E-state index >= 15 is 0 Å². The van der Waals surface area contributed by atoms with Crippen molar-refractivity contribution in [2.24, 2.45) is 10.9 Å². The molecule has 0 bridgehead atoms. The van der Waals surface area contributed by atoms with E-state index in [0.29, 0.717) is 11.8 Å². The van der Waals surface area contributed by atoms with Gasteiger partial charge in [-0.15, -0.1) is 24.0 Å². The summed E-state index contributed by atoms with van der Waals surface area (Å²) in [5.74, 6) is 3.13. The van der Waals surface area contributed by atoms with E-state index in [2.05, 4.69) is 46.0 Å². The highest BCUT2D eigenvalue weighted by Crippen LogP contribution is 2.27. The van der Waals surface area contributed by atoms with Crippen molar-refractivity contribution < 1.29 is 4.74 Å². The van der Waals surface area contributed by atoms with Crippen LogP contribution in [0.4, 0.5) is 5.95 Å². The van der Waals surface area contributed by atoms with Gasteiger partial charge in [0.2, 0.25) is 11.8 Å². The molecule has 0 amide bonds. The second-order valence-electron chi connectivity index (χ2n) is 5.87. The minimum Gasteiger partial charge on any atom is -0.480 e. The van der Waals surface area contributed by atoms with Crippen LogP contribution in [0.3, 0.4) is 0 Å². The third-order valence-electron chi connectivity index (χ3n) is 4.21. The van der Waals surface area contributed by atoms with Gasteiger partial charge in [-0.2, -0.15) is 4.98 Å². The van der Waals surface area contributed by atoms with E-state index in [0.717, 1.165) is 49.1 Å². The van der Waals surface area contributed by atoms with Crippen molar-refractivity contribution in [3.8, 4) is 5.88 Å². The molecular weight excluding hydrogens is 487 g/mol. The Morgan fingerprint density at radius 3 is 2.67 bits per heavy atom. The lowest BCUT2D eigenvalue weighted by atomic mass is 10.3. The van der Waals surface area contributed by atoms with Gasteiger partial charge in [0.05, 0.1) is 17.8 Å². The normalized spacial score (nSPS) is 18.2. The molecule has 2 aliphatic rings. The minimum atomic E-state index is 0. The van der Waals surface area contributed by atoms with Crippen LogP contribution in [0.2, 0.25) is 0 Å². The molecule has 1 N–H and O–H groups in total. The highest BCUT2D eigenvalue weighted by atomic mass is 127. The van der Waals surface area contributed by atoms with Gasteiger partial charge < -0.3 is 19.9 Å². The molecule has 1 aliphatic carbocycles. The molecule has 1 aliphatic heterocycles. The topological polar surface area (TPSA) is 65.9 Å². The Morgan fingerprint density at radius 2 is 2.08 bits per heavy atom. The van der Waals surface area contributed by atoms with Crippen molar-refractivity contribution in [1.29, 1.82) is 0 Å². The van der Waals surface area contributed by atoms with E-state index in [1.807, 2.05) is 7.05 Å². The number of aliphatic imine (C=N–C) groups is 1. The Morgan fingerprint density at radius 1 is 1.38 bits per heavy atom. The van der Waals surface area contributed by atoms with Gasteiger partial charge >= 0.3 is 0 Å². The Kier molecular flexibility index (Phi) is 7.33. The van der Waals surface area contributed by atoms with E-state index in [-0.39, 0.29) is 24.0 Å². The maximum Gasteiger partial charge on any atom is 0.232 e. The molecule has 24 heavy (non-hydrogen) atoms. The SMILES string of the molecule is CN=C(NCC1CC1)N1CCN(c2ncc(Br)c(OC)n2)CC1.I. The number of rotatable bonds is 4. The summed E-state index contributed by atoms with van der Waals surface area (Å²) in [5, 5.41) is 3.48. The van der Waals surface area contributed by atoms with Crippen LogP contribution in [0.15, 0.2) is 15.7 Å². The van der Waals surface area contributed by atoms with Crippen molar-refractivity contribution >= 4 is 51.8 Å². The Balaban J connectivity index is 0.00000208. The largest absolute Gasteiger partial charge is 0.480 e. The molecule has 7 nitrogen and oxygen atoms in total. The van der Waals surface area contributed by atoms with Crippen LogP contribution >= 0.6 is 39.9 Å². The number of nitrogens with zero attached hydrogens (tertiary/aromatic N) is 5. The zero-order chi connectivity index (χ0) is 16.2. The van der Waals surface area contributed by atoms with Crippen molar-refractivity contribution in [1.82, 2.24) is 20.2 Å². The molecule has 0 unspecified atom stereocenters. The van der Waals surface area contributed by atoms with Crippen LogP contribution in [0.5, 0.6) is 5.88 Å². The zero-order valence-electron chi connectivity index (χ0n) is 14.0. The van der Waals surface area contributed by atoms with Gasteiger partial charge in [0.25, 0.3) is 0 Å². The highest BCUT2D eigenvalue weighted by molar-refractivity contribution is 14.0. The molecule has 1 saturated carbocycles. The summed E-state index contributed by atoms with van der Waals surface area (Å²) in [7, 11) is 3.47. The monoisotopic (exact) mass is 510 g/mol. The summed E-state index contributed by atoms with van der Waals surface area (Å²) in [6, 6.07) is 0. The standard InChI is InChI=1S/C15H23BrN6O.HI/c1-17-14(18-9-11-3-4-11)21-5-7-22(8-6-21)15-19-10-12(16)13(20-15)23-2;/h10-11H,3-9H2,1-2H3,(H,17,18);1H. The quantitative estimate of drug-likeness (QED) is 0.379. The number of halogens is 2. The van der Waals surface area contributed by atoms with E-state index < -0.39 is 0 Å². The lowest BCUT2D eigenvalue weighted by molar-refractivity contribution is 0.365. The summed E-state index contributed by atoms with van der Waals surface area (Å²) in [4.78, 5) is 17.7. The lowest BCUT2D eigenvalue weighted by Gasteiger charge is -2.36. The smallest absolute Gasteiger partial charge is 0.232 e. The first-order chi connectivity index (χ1) is 11.2. The van der Waals surface area contributed by atoms with Crippen LogP contribution in [0, 0.1) is 5.92 Å². The minimum absolute atomic E-state index is 0. The number of hydrogen-bond donors (Lipinski definition) is 1. The number of nitrogens with one attached hydrogen (secondary N) is 1. The third-order valence-corrected chi connectivity index (χ3v) is 4.76. The summed E-state index contributed by atoms with van der Waals surface area (Å²) < 4.78 is 6.02. The Labute approximate surface area is 168 Å². The molecule has 0 spiro atoms. The van der Waals surface area contributed by atoms with Gasteiger partial charge in [-0.3, -0.25) is 4.99 Å². The van der Waals surface area contributed by atoms with Crippen LogP contribution in [-0.2, 0) is 0 Å². The Hall–Kier alpha value is -0.840. The second kappa shape index (κ2) is 9.02. The van der Waals surface area contributed by atoms with Crippen LogP contribution in [0.25, 0.3) is 0 Å². The molecule has 1 aromatic heterocycles. The molecular formula is C15H24BrIN6O. The first-order valence-electron chi connectivity index (χ1n) is 7.98. The number of guanidine groups is 1. The van der Waals surface area contributed by atoms with Crippen molar-refractivity contribution in [3.63, 3.8) is 0 Å². The molecule has 0 aromatic carbocycles. The number of methoxy groups -OCH3 is 1. The van der Waals surface area contributed by atoms with E-state index in [1.165, 1.54) is 12.8 Å². The molecule has 1 saturated heterocycles. The van der Waals surface area contributed by atoms with Gasteiger partial charge in [0, 0.05) is 39.8 Å². The zero-order valence-corrected chi connectivity index (χ0v) is 18.0. The molecule has 0 atom stereocenters. The van der Waals surface area contributed by atoms with Crippen LogP contribution < -0.4 is 15.0 Å². The number of piperazine rings is 1.